The van der Waals surface area contributed by atoms with Crippen LogP contribution in [0.15, 0.2) is 41.3 Å². The SMILES string of the molecule is COC(=O)CCc1c(CO[N+](=O)[O-])ccc2c1CCC(NS(=O)(=O)c1ccc(Cl)cc1)C2. The highest BCUT2D eigenvalue weighted by atomic mass is 35.5. The van der Waals surface area contributed by atoms with Gasteiger partial charge >= 0.3 is 5.97 Å². The number of hydrogen-bond donors (Lipinski definition) is 1. The van der Waals surface area contributed by atoms with Crippen LogP contribution in [-0.4, -0.2) is 32.6 Å². The molecule has 11 heteroatoms. The summed E-state index contributed by atoms with van der Waals surface area (Å²) >= 11 is 5.84. The van der Waals surface area contributed by atoms with Crippen LogP contribution in [0.3, 0.4) is 0 Å². The molecule has 1 N–H and O–H groups in total. The molecule has 172 valence electrons. The highest BCUT2D eigenvalue weighted by Gasteiger charge is 2.27. The van der Waals surface area contributed by atoms with E-state index in [2.05, 4.69) is 9.56 Å². The van der Waals surface area contributed by atoms with Gasteiger partial charge in [-0.1, -0.05) is 23.7 Å². The molecule has 0 heterocycles. The summed E-state index contributed by atoms with van der Waals surface area (Å²) in [5.74, 6) is -0.381. The summed E-state index contributed by atoms with van der Waals surface area (Å²) in [6.07, 6.45) is 2.05. The van der Waals surface area contributed by atoms with E-state index in [1.54, 1.807) is 6.07 Å². The summed E-state index contributed by atoms with van der Waals surface area (Å²) in [5, 5.41) is 10.2. The highest BCUT2D eigenvalue weighted by molar-refractivity contribution is 7.89. The third-order valence-corrected chi connectivity index (χ3v) is 7.20. The number of methoxy groups -OCH3 is 1. The summed E-state index contributed by atoms with van der Waals surface area (Å²) in [6.45, 7) is -0.219. The van der Waals surface area contributed by atoms with Crippen molar-refractivity contribution in [2.75, 3.05) is 7.11 Å². The van der Waals surface area contributed by atoms with E-state index in [-0.39, 0.29) is 29.9 Å². The largest absolute Gasteiger partial charge is 0.469 e. The number of hydrogen-bond acceptors (Lipinski definition) is 7. The second kappa shape index (κ2) is 10.3. The van der Waals surface area contributed by atoms with Gasteiger partial charge < -0.3 is 9.57 Å². The molecule has 3 rings (SSSR count). The van der Waals surface area contributed by atoms with Gasteiger partial charge in [-0.05, 0) is 72.2 Å². The van der Waals surface area contributed by atoms with Gasteiger partial charge in [-0.2, -0.15) is 0 Å². The van der Waals surface area contributed by atoms with Crippen LogP contribution in [0.5, 0.6) is 0 Å². The Hall–Kier alpha value is -2.69. The molecule has 9 nitrogen and oxygen atoms in total. The maximum absolute atomic E-state index is 12.7. The van der Waals surface area contributed by atoms with Gasteiger partial charge in [-0.15, -0.1) is 10.1 Å². The molecule has 2 aromatic carbocycles. The van der Waals surface area contributed by atoms with Gasteiger partial charge in [0.05, 0.1) is 12.0 Å². The van der Waals surface area contributed by atoms with E-state index < -0.39 is 15.1 Å². The predicted molar refractivity (Wildman–Crippen MR) is 116 cm³/mol. The molecular weight excluding hydrogens is 460 g/mol. The maximum atomic E-state index is 12.7. The number of benzene rings is 2. The lowest BCUT2D eigenvalue weighted by Crippen LogP contribution is -2.39. The van der Waals surface area contributed by atoms with Crippen molar-refractivity contribution in [2.24, 2.45) is 0 Å². The number of ether oxygens (including phenoxy) is 1. The first-order valence-electron chi connectivity index (χ1n) is 9.94. The van der Waals surface area contributed by atoms with Crippen molar-refractivity contribution in [3.8, 4) is 0 Å². The number of halogens is 1. The minimum Gasteiger partial charge on any atom is -0.469 e. The Kier molecular flexibility index (Phi) is 7.70. The van der Waals surface area contributed by atoms with Crippen LogP contribution in [0.1, 0.15) is 35.1 Å². The second-order valence-corrected chi connectivity index (χ2v) is 9.58. The molecular formula is C21H23ClN2O7S. The van der Waals surface area contributed by atoms with E-state index in [4.69, 9.17) is 16.3 Å². The number of carbonyl (C=O) groups excluding carboxylic acids is 1. The molecule has 0 aliphatic heterocycles. The van der Waals surface area contributed by atoms with Gasteiger partial charge in [-0.25, -0.2) is 13.1 Å². The molecule has 32 heavy (non-hydrogen) atoms. The average Bonchev–Trinajstić information content (AvgIpc) is 2.75. The smallest absolute Gasteiger partial charge is 0.305 e. The zero-order chi connectivity index (χ0) is 23.3. The molecule has 0 saturated carbocycles. The molecule has 1 unspecified atom stereocenters. The molecule has 0 bridgehead atoms. The third-order valence-electron chi connectivity index (χ3n) is 5.41. The van der Waals surface area contributed by atoms with E-state index in [0.29, 0.717) is 36.3 Å². The molecule has 0 amide bonds. The number of fused-ring (bicyclic) bond motifs is 1. The second-order valence-electron chi connectivity index (χ2n) is 7.43. The minimum atomic E-state index is -3.71. The first kappa shape index (κ1) is 24.0. The Morgan fingerprint density at radius 3 is 2.62 bits per heavy atom. The van der Waals surface area contributed by atoms with Crippen LogP contribution < -0.4 is 4.72 Å². The molecule has 1 atom stereocenters. The van der Waals surface area contributed by atoms with Gasteiger partial charge in [0.1, 0.15) is 6.61 Å². The first-order valence-corrected chi connectivity index (χ1v) is 11.8. The van der Waals surface area contributed by atoms with Crippen LogP contribution in [0, 0.1) is 10.1 Å². The predicted octanol–water partition coefficient (Wildman–Crippen LogP) is 2.99. The number of nitrogens with zero attached hydrogens (tertiary/aromatic N) is 1. The highest BCUT2D eigenvalue weighted by Crippen LogP contribution is 2.30. The van der Waals surface area contributed by atoms with Crippen molar-refractivity contribution in [3.05, 3.63) is 73.8 Å². The summed E-state index contributed by atoms with van der Waals surface area (Å²) in [4.78, 5) is 27.0. The van der Waals surface area contributed by atoms with Crippen LogP contribution in [0.25, 0.3) is 0 Å². The standard InChI is InChI=1S/C21H23ClN2O7S/c1-30-21(25)11-10-20-15(13-31-24(26)27)3-2-14-12-17(6-9-19(14)20)23-32(28,29)18-7-4-16(22)5-8-18/h2-5,7-8,17,23H,6,9-13H2,1H3. The number of nitrogens with one attached hydrogen (secondary N) is 1. The monoisotopic (exact) mass is 482 g/mol. The van der Waals surface area contributed by atoms with E-state index in [1.807, 2.05) is 6.07 Å². The molecule has 2 aromatic rings. The van der Waals surface area contributed by atoms with Gasteiger partial charge in [0.2, 0.25) is 10.0 Å². The van der Waals surface area contributed by atoms with Crippen molar-refractivity contribution >= 4 is 27.6 Å². The normalized spacial score (nSPS) is 15.6. The molecule has 0 saturated heterocycles. The van der Waals surface area contributed by atoms with Crippen LogP contribution in [0.4, 0.5) is 0 Å². The number of esters is 1. The molecule has 0 radical (unpaired) electrons. The number of rotatable bonds is 9. The molecule has 0 aromatic heterocycles. The fraction of sp³-hybridized carbons (Fsp3) is 0.381. The van der Waals surface area contributed by atoms with E-state index in [0.717, 1.165) is 16.7 Å². The van der Waals surface area contributed by atoms with Crippen LogP contribution in [0.2, 0.25) is 5.02 Å². The number of carbonyl (C=O) groups is 1. The Labute approximate surface area is 190 Å². The summed E-state index contributed by atoms with van der Waals surface area (Å²) in [5.41, 5.74) is 3.35. The first-order chi connectivity index (χ1) is 15.2. The zero-order valence-electron chi connectivity index (χ0n) is 17.4. The van der Waals surface area contributed by atoms with Crippen LogP contribution >= 0.6 is 11.6 Å². The van der Waals surface area contributed by atoms with E-state index in [1.165, 1.54) is 31.4 Å². The lowest BCUT2D eigenvalue weighted by Gasteiger charge is -2.28. The van der Waals surface area contributed by atoms with E-state index >= 15 is 0 Å². The molecule has 0 fully saturated rings. The minimum absolute atomic E-state index is 0.130. The van der Waals surface area contributed by atoms with Gasteiger partial charge in [0.25, 0.3) is 5.09 Å². The average molecular weight is 483 g/mol. The van der Waals surface area contributed by atoms with Crippen molar-refractivity contribution in [3.63, 3.8) is 0 Å². The molecule has 0 spiro atoms. The van der Waals surface area contributed by atoms with Crippen LogP contribution in [-0.2, 0) is 50.3 Å². The zero-order valence-corrected chi connectivity index (χ0v) is 18.9. The summed E-state index contributed by atoms with van der Waals surface area (Å²) in [7, 11) is -2.40. The molecule has 1 aliphatic carbocycles. The Bertz CT molecular complexity index is 1100. The van der Waals surface area contributed by atoms with Gasteiger partial charge in [-0.3, -0.25) is 4.79 Å². The number of sulfonamides is 1. The maximum Gasteiger partial charge on any atom is 0.305 e. The Balaban J connectivity index is 1.81. The molecule has 1 aliphatic rings. The van der Waals surface area contributed by atoms with Crippen molar-refractivity contribution in [2.45, 2.75) is 49.6 Å². The fourth-order valence-electron chi connectivity index (χ4n) is 3.88. The summed E-state index contributed by atoms with van der Waals surface area (Å²) in [6, 6.07) is 9.20. The van der Waals surface area contributed by atoms with Crippen molar-refractivity contribution in [1.82, 2.24) is 4.72 Å². The van der Waals surface area contributed by atoms with Gasteiger partial charge in [0.15, 0.2) is 0 Å². The van der Waals surface area contributed by atoms with E-state index in [9.17, 15) is 23.3 Å². The lowest BCUT2D eigenvalue weighted by molar-refractivity contribution is -0.763. The Morgan fingerprint density at radius 1 is 1.25 bits per heavy atom. The Morgan fingerprint density at radius 2 is 1.97 bits per heavy atom. The third kappa shape index (κ3) is 5.96. The van der Waals surface area contributed by atoms with Crippen molar-refractivity contribution in [1.29, 1.82) is 0 Å². The summed E-state index contributed by atoms with van der Waals surface area (Å²) < 4.78 is 32.9. The van der Waals surface area contributed by atoms with Crippen molar-refractivity contribution < 1.29 is 27.9 Å². The quantitative estimate of drug-likeness (QED) is 0.331. The fourth-order valence-corrected chi connectivity index (χ4v) is 5.28. The van der Waals surface area contributed by atoms with Gasteiger partial charge in [0, 0.05) is 17.5 Å². The lowest BCUT2D eigenvalue weighted by atomic mass is 9.82. The topological polar surface area (TPSA) is 125 Å².